The van der Waals surface area contributed by atoms with Gasteiger partial charge in [0.15, 0.2) is 0 Å². The summed E-state index contributed by atoms with van der Waals surface area (Å²) in [4.78, 5) is 14.6. The van der Waals surface area contributed by atoms with Crippen molar-refractivity contribution < 1.29 is 4.79 Å². The van der Waals surface area contributed by atoms with Crippen LogP contribution in [-0.2, 0) is 0 Å². The van der Waals surface area contributed by atoms with E-state index in [-0.39, 0.29) is 5.91 Å². The first-order valence-electron chi connectivity index (χ1n) is 6.85. The van der Waals surface area contributed by atoms with E-state index in [4.69, 9.17) is 0 Å². The molecule has 3 nitrogen and oxygen atoms in total. The standard InChI is InChI=1S/C15H20N2O/c1-11-4-2-3-5-14(11)15(18)17-9-8-12-6-7-13(10-17)16-12/h2-5,12-13,16H,6-10H2,1H3. The maximum atomic E-state index is 12.5. The van der Waals surface area contributed by atoms with Crippen LogP contribution in [0, 0.1) is 6.92 Å². The highest BCUT2D eigenvalue weighted by atomic mass is 16.2. The quantitative estimate of drug-likeness (QED) is 0.819. The van der Waals surface area contributed by atoms with Crippen LogP contribution in [0.15, 0.2) is 24.3 Å². The van der Waals surface area contributed by atoms with Gasteiger partial charge < -0.3 is 10.2 Å². The third-order valence-corrected chi connectivity index (χ3v) is 4.19. The van der Waals surface area contributed by atoms with Crippen LogP contribution < -0.4 is 5.32 Å². The molecule has 2 unspecified atom stereocenters. The molecular formula is C15H20N2O. The summed E-state index contributed by atoms with van der Waals surface area (Å²) in [5.41, 5.74) is 1.93. The molecular weight excluding hydrogens is 224 g/mol. The second kappa shape index (κ2) is 4.73. The number of rotatable bonds is 1. The molecule has 2 atom stereocenters. The fourth-order valence-electron chi connectivity index (χ4n) is 3.11. The van der Waals surface area contributed by atoms with Crippen LogP contribution in [0.5, 0.6) is 0 Å². The number of hydrogen-bond acceptors (Lipinski definition) is 2. The molecule has 2 bridgehead atoms. The molecule has 1 aromatic rings. The van der Waals surface area contributed by atoms with Gasteiger partial charge in [0.1, 0.15) is 0 Å². The zero-order valence-corrected chi connectivity index (χ0v) is 10.9. The van der Waals surface area contributed by atoms with E-state index in [0.29, 0.717) is 12.1 Å². The van der Waals surface area contributed by atoms with Crippen molar-refractivity contribution in [2.75, 3.05) is 13.1 Å². The average molecular weight is 244 g/mol. The number of aryl methyl sites for hydroxylation is 1. The van der Waals surface area contributed by atoms with Crippen LogP contribution in [0.1, 0.15) is 35.2 Å². The predicted molar refractivity (Wildman–Crippen MR) is 71.6 cm³/mol. The molecule has 2 fully saturated rings. The van der Waals surface area contributed by atoms with Crippen molar-refractivity contribution in [1.82, 2.24) is 10.2 Å². The topological polar surface area (TPSA) is 32.3 Å². The van der Waals surface area contributed by atoms with Crippen molar-refractivity contribution >= 4 is 5.91 Å². The van der Waals surface area contributed by atoms with Gasteiger partial charge in [-0.15, -0.1) is 0 Å². The zero-order chi connectivity index (χ0) is 12.5. The smallest absolute Gasteiger partial charge is 0.254 e. The molecule has 3 heteroatoms. The Morgan fingerprint density at radius 2 is 2.00 bits per heavy atom. The number of carbonyl (C=O) groups excluding carboxylic acids is 1. The molecule has 0 saturated carbocycles. The molecule has 18 heavy (non-hydrogen) atoms. The van der Waals surface area contributed by atoms with Crippen LogP contribution in [0.4, 0.5) is 0 Å². The zero-order valence-electron chi connectivity index (χ0n) is 10.9. The number of nitrogens with zero attached hydrogens (tertiary/aromatic N) is 1. The summed E-state index contributed by atoms with van der Waals surface area (Å²) >= 11 is 0. The Labute approximate surface area is 108 Å². The van der Waals surface area contributed by atoms with Gasteiger partial charge in [0.25, 0.3) is 5.91 Å². The molecule has 96 valence electrons. The first kappa shape index (κ1) is 11.7. The second-order valence-corrected chi connectivity index (χ2v) is 5.49. The summed E-state index contributed by atoms with van der Waals surface area (Å²) in [7, 11) is 0. The third kappa shape index (κ3) is 2.15. The minimum absolute atomic E-state index is 0.197. The van der Waals surface area contributed by atoms with E-state index >= 15 is 0 Å². The van der Waals surface area contributed by atoms with E-state index in [1.807, 2.05) is 36.1 Å². The average Bonchev–Trinajstić information content (AvgIpc) is 2.69. The van der Waals surface area contributed by atoms with Crippen molar-refractivity contribution in [2.24, 2.45) is 0 Å². The van der Waals surface area contributed by atoms with E-state index in [9.17, 15) is 4.79 Å². The summed E-state index contributed by atoms with van der Waals surface area (Å²) in [6.07, 6.45) is 3.58. The van der Waals surface area contributed by atoms with E-state index in [1.165, 1.54) is 12.8 Å². The van der Waals surface area contributed by atoms with Gasteiger partial charge in [-0.1, -0.05) is 18.2 Å². The van der Waals surface area contributed by atoms with Crippen molar-refractivity contribution in [3.63, 3.8) is 0 Å². The number of fused-ring (bicyclic) bond motifs is 2. The highest BCUT2D eigenvalue weighted by Crippen LogP contribution is 2.22. The lowest BCUT2D eigenvalue weighted by Gasteiger charge is -2.25. The van der Waals surface area contributed by atoms with Crippen molar-refractivity contribution in [3.8, 4) is 0 Å². The lowest BCUT2D eigenvalue weighted by molar-refractivity contribution is 0.0747. The van der Waals surface area contributed by atoms with Gasteiger partial charge in [-0.2, -0.15) is 0 Å². The first-order valence-corrected chi connectivity index (χ1v) is 6.85. The fraction of sp³-hybridized carbons (Fsp3) is 0.533. The largest absolute Gasteiger partial charge is 0.337 e. The van der Waals surface area contributed by atoms with Crippen LogP contribution in [0.2, 0.25) is 0 Å². The number of carbonyl (C=O) groups is 1. The summed E-state index contributed by atoms with van der Waals surface area (Å²) in [5.74, 6) is 0.197. The molecule has 2 aliphatic rings. The number of likely N-dealkylation sites (tertiary alicyclic amines) is 1. The van der Waals surface area contributed by atoms with Gasteiger partial charge in [0.05, 0.1) is 0 Å². The molecule has 1 amide bonds. The van der Waals surface area contributed by atoms with E-state index < -0.39 is 0 Å². The maximum absolute atomic E-state index is 12.5. The summed E-state index contributed by atoms with van der Waals surface area (Å²) in [6, 6.07) is 9.01. The molecule has 2 saturated heterocycles. The van der Waals surface area contributed by atoms with E-state index in [1.54, 1.807) is 0 Å². The summed E-state index contributed by atoms with van der Waals surface area (Å²) < 4.78 is 0. The minimum Gasteiger partial charge on any atom is -0.337 e. The Morgan fingerprint density at radius 1 is 1.22 bits per heavy atom. The van der Waals surface area contributed by atoms with Crippen molar-refractivity contribution in [3.05, 3.63) is 35.4 Å². The van der Waals surface area contributed by atoms with Gasteiger partial charge in [0, 0.05) is 30.7 Å². The number of amides is 1. The predicted octanol–water partition coefficient (Wildman–Crippen LogP) is 1.96. The van der Waals surface area contributed by atoms with Gasteiger partial charge in [-0.05, 0) is 37.8 Å². The van der Waals surface area contributed by atoms with Gasteiger partial charge in [0.2, 0.25) is 0 Å². The van der Waals surface area contributed by atoms with Crippen molar-refractivity contribution in [2.45, 2.75) is 38.3 Å². The van der Waals surface area contributed by atoms with Gasteiger partial charge >= 0.3 is 0 Å². The lowest BCUT2D eigenvalue weighted by atomic mass is 10.0. The molecule has 0 spiro atoms. The van der Waals surface area contributed by atoms with Crippen LogP contribution in [0.3, 0.4) is 0 Å². The number of hydrogen-bond donors (Lipinski definition) is 1. The Bertz CT molecular complexity index is 458. The molecule has 0 radical (unpaired) electrons. The van der Waals surface area contributed by atoms with E-state index in [0.717, 1.165) is 30.6 Å². The SMILES string of the molecule is Cc1ccccc1C(=O)N1CCC2CCC(C1)N2. The first-order chi connectivity index (χ1) is 8.74. The number of benzene rings is 1. The molecule has 0 aliphatic carbocycles. The van der Waals surface area contributed by atoms with Crippen molar-refractivity contribution in [1.29, 1.82) is 0 Å². The molecule has 3 rings (SSSR count). The summed E-state index contributed by atoms with van der Waals surface area (Å²) in [6.45, 7) is 3.76. The maximum Gasteiger partial charge on any atom is 0.254 e. The minimum atomic E-state index is 0.197. The Hall–Kier alpha value is -1.35. The van der Waals surface area contributed by atoms with Crippen LogP contribution in [-0.4, -0.2) is 36.0 Å². The highest BCUT2D eigenvalue weighted by molar-refractivity contribution is 5.95. The molecule has 2 aliphatic heterocycles. The third-order valence-electron chi connectivity index (χ3n) is 4.19. The van der Waals surface area contributed by atoms with E-state index in [2.05, 4.69) is 5.32 Å². The Morgan fingerprint density at radius 3 is 2.83 bits per heavy atom. The normalized spacial score (nSPS) is 27.1. The molecule has 1 aromatic carbocycles. The Kier molecular flexibility index (Phi) is 3.08. The van der Waals surface area contributed by atoms with Gasteiger partial charge in [-0.3, -0.25) is 4.79 Å². The highest BCUT2D eigenvalue weighted by Gasteiger charge is 2.31. The molecule has 1 N–H and O–H groups in total. The number of nitrogens with one attached hydrogen (secondary N) is 1. The van der Waals surface area contributed by atoms with Gasteiger partial charge in [-0.25, -0.2) is 0 Å². The van der Waals surface area contributed by atoms with Crippen LogP contribution >= 0.6 is 0 Å². The lowest BCUT2D eigenvalue weighted by Crippen LogP contribution is -2.39. The monoisotopic (exact) mass is 244 g/mol. The molecule has 0 aromatic heterocycles. The fourth-order valence-corrected chi connectivity index (χ4v) is 3.11. The molecule has 2 heterocycles. The second-order valence-electron chi connectivity index (χ2n) is 5.49. The van der Waals surface area contributed by atoms with Crippen LogP contribution in [0.25, 0.3) is 0 Å². The summed E-state index contributed by atoms with van der Waals surface area (Å²) in [5, 5.41) is 3.61. The Balaban J connectivity index is 1.78.